The third-order valence-electron chi connectivity index (χ3n) is 2.68. The Morgan fingerprint density at radius 1 is 1.37 bits per heavy atom. The van der Waals surface area contributed by atoms with Crippen LogP contribution in [0, 0.1) is 0 Å². The number of carbonyl (C=O) groups is 1. The van der Waals surface area contributed by atoms with Crippen molar-refractivity contribution in [2.45, 2.75) is 13.5 Å². The molecule has 2 aromatic rings. The smallest absolute Gasteiger partial charge is 0.348 e. The normalized spacial score (nSPS) is 10.4. The van der Waals surface area contributed by atoms with Gasteiger partial charge in [-0.05, 0) is 19.1 Å². The van der Waals surface area contributed by atoms with Gasteiger partial charge in [-0.25, -0.2) is 9.59 Å². The van der Waals surface area contributed by atoms with Crippen LogP contribution in [0.1, 0.15) is 17.3 Å². The second-order valence-electron chi connectivity index (χ2n) is 3.88. The van der Waals surface area contributed by atoms with E-state index in [-0.39, 0.29) is 11.3 Å². The van der Waals surface area contributed by atoms with E-state index in [0.717, 1.165) is 4.47 Å². The van der Waals surface area contributed by atoms with Crippen LogP contribution in [0.25, 0.3) is 11.3 Å². The summed E-state index contributed by atoms with van der Waals surface area (Å²) >= 11 is 3.30. The van der Waals surface area contributed by atoms with Crippen molar-refractivity contribution in [3.8, 4) is 11.3 Å². The molecule has 0 spiro atoms. The van der Waals surface area contributed by atoms with Gasteiger partial charge in [-0.1, -0.05) is 28.1 Å². The first kappa shape index (κ1) is 13.5. The second kappa shape index (κ2) is 5.36. The molecule has 0 radical (unpaired) electrons. The Labute approximate surface area is 117 Å². The summed E-state index contributed by atoms with van der Waals surface area (Å²) in [5.74, 6) is -1.10. The highest BCUT2D eigenvalue weighted by Gasteiger charge is 2.15. The Morgan fingerprint density at radius 2 is 2.00 bits per heavy atom. The Balaban J connectivity index is 2.68. The number of aromatic carboxylic acids is 1. The minimum atomic E-state index is -1.10. The van der Waals surface area contributed by atoms with Gasteiger partial charge in [0.15, 0.2) is 0 Å². The van der Waals surface area contributed by atoms with E-state index in [0.29, 0.717) is 12.1 Å². The fraction of sp³-hybridized carbons (Fsp3) is 0.154. The van der Waals surface area contributed by atoms with Crippen molar-refractivity contribution < 1.29 is 9.90 Å². The summed E-state index contributed by atoms with van der Waals surface area (Å²) in [4.78, 5) is 26.9. The molecular formula is C13H11BrN2O3. The minimum absolute atomic E-state index is 0.0174. The average Bonchev–Trinajstić information content (AvgIpc) is 2.39. The Bertz CT molecular complexity index is 677. The second-order valence-corrected chi connectivity index (χ2v) is 4.80. The Hall–Kier alpha value is -1.95. The van der Waals surface area contributed by atoms with Crippen molar-refractivity contribution in [3.63, 3.8) is 0 Å². The molecule has 0 saturated heterocycles. The summed E-state index contributed by atoms with van der Waals surface area (Å²) in [6.45, 7) is 2.14. The van der Waals surface area contributed by atoms with Crippen LogP contribution in [0.15, 0.2) is 39.7 Å². The highest BCUT2D eigenvalue weighted by molar-refractivity contribution is 9.10. The zero-order chi connectivity index (χ0) is 14.0. The summed E-state index contributed by atoms with van der Waals surface area (Å²) in [5.41, 5.74) is 0.352. The third kappa shape index (κ3) is 2.73. The first-order valence-electron chi connectivity index (χ1n) is 5.63. The van der Waals surface area contributed by atoms with Crippen molar-refractivity contribution >= 4 is 21.9 Å². The lowest BCUT2D eigenvalue weighted by molar-refractivity contribution is 0.0696. The molecule has 1 aromatic carbocycles. The van der Waals surface area contributed by atoms with Gasteiger partial charge in [0, 0.05) is 22.8 Å². The van der Waals surface area contributed by atoms with Gasteiger partial charge in [0.25, 0.3) is 0 Å². The lowest BCUT2D eigenvalue weighted by Crippen LogP contribution is -2.24. The molecule has 1 heterocycles. The van der Waals surface area contributed by atoms with E-state index in [2.05, 4.69) is 20.9 Å². The molecule has 0 fully saturated rings. The maximum atomic E-state index is 11.7. The zero-order valence-electron chi connectivity index (χ0n) is 10.1. The molecule has 2 rings (SSSR count). The number of halogens is 1. The molecule has 1 aromatic heterocycles. The molecule has 98 valence electrons. The number of benzene rings is 1. The van der Waals surface area contributed by atoms with Crippen molar-refractivity contribution in [1.82, 2.24) is 9.55 Å². The van der Waals surface area contributed by atoms with Crippen molar-refractivity contribution in [2.24, 2.45) is 0 Å². The lowest BCUT2D eigenvalue weighted by Gasteiger charge is -2.08. The molecule has 1 N–H and O–H groups in total. The van der Waals surface area contributed by atoms with Crippen LogP contribution in [0.4, 0.5) is 0 Å². The summed E-state index contributed by atoms with van der Waals surface area (Å²) in [6.07, 6.45) is 1.33. The number of aryl methyl sites for hydroxylation is 1. The van der Waals surface area contributed by atoms with Gasteiger partial charge in [0.2, 0.25) is 0 Å². The predicted octanol–water partition coefficient (Wildman–Crippen LogP) is 2.39. The number of aromatic nitrogens is 2. The molecule has 6 heteroatoms. The zero-order valence-corrected chi connectivity index (χ0v) is 11.7. The maximum absolute atomic E-state index is 11.7. The van der Waals surface area contributed by atoms with Crippen LogP contribution in [0.2, 0.25) is 0 Å². The van der Waals surface area contributed by atoms with Crippen LogP contribution in [-0.4, -0.2) is 20.6 Å². The average molecular weight is 323 g/mol. The first-order valence-corrected chi connectivity index (χ1v) is 6.43. The van der Waals surface area contributed by atoms with Crippen molar-refractivity contribution in [3.05, 3.63) is 51.0 Å². The Morgan fingerprint density at radius 3 is 2.53 bits per heavy atom. The van der Waals surface area contributed by atoms with Crippen molar-refractivity contribution in [2.75, 3.05) is 0 Å². The number of rotatable bonds is 3. The van der Waals surface area contributed by atoms with Crippen LogP contribution >= 0.6 is 15.9 Å². The molecule has 0 atom stereocenters. The molecular weight excluding hydrogens is 312 g/mol. The molecule has 0 unspecified atom stereocenters. The topological polar surface area (TPSA) is 72.2 Å². The number of hydrogen-bond acceptors (Lipinski definition) is 3. The molecule has 5 nitrogen and oxygen atoms in total. The maximum Gasteiger partial charge on any atom is 0.348 e. The number of hydrogen-bond donors (Lipinski definition) is 1. The van der Waals surface area contributed by atoms with Crippen LogP contribution in [0.3, 0.4) is 0 Å². The number of carboxylic acid groups (broad SMARTS) is 1. The van der Waals surface area contributed by atoms with E-state index in [1.807, 2.05) is 0 Å². The molecule has 19 heavy (non-hydrogen) atoms. The van der Waals surface area contributed by atoms with E-state index < -0.39 is 11.7 Å². The molecule has 0 aliphatic heterocycles. The SMILES string of the molecule is CCn1cc(C(=O)O)c(-c2ccc(Br)cc2)nc1=O. The quantitative estimate of drug-likeness (QED) is 0.941. The van der Waals surface area contributed by atoms with Crippen LogP contribution < -0.4 is 5.69 Å². The fourth-order valence-electron chi connectivity index (χ4n) is 1.70. The first-order chi connectivity index (χ1) is 9.02. The van der Waals surface area contributed by atoms with E-state index in [4.69, 9.17) is 0 Å². The van der Waals surface area contributed by atoms with Gasteiger partial charge in [-0.3, -0.25) is 4.57 Å². The molecule has 0 aliphatic rings. The molecule has 0 bridgehead atoms. The number of nitrogens with zero attached hydrogens (tertiary/aromatic N) is 2. The van der Waals surface area contributed by atoms with Crippen LogP contribution in [0.5, 0.6) is 0 Å². The lowest BCUT2D eigenvalue weighted by atomic mass is 10.1. The largest absolute Gasteiger partial charge is 0.478 e. The van der Waals surface area contributed by atoms with E-state index in [9.17, 15) is 14.7 Å². The van der Waals surface area contributed by atoms with Gasteiger partial charge >= 0.3 is 11.7 Å². The third-order valence-corrected chi connectivity index (χ3v) is 3.21. The van der Waals surface area contributed by atoms with Gasteiger partial charge in [-0.2, -0.15) is 4.98 Å². The predicted molar refractivity (Wildman–Crippen MR) is 74.3 cm³/mol. The molecule has 0 amide bonds. The molecule has 0 aliphatic carbocycles. The monoisotopic (exact) mass is 322 g/mol. The van der Waals surface area contributed by atoms with Crippen LogP contribution in [-0.2, 0) is 6.54 Å². The highest BCUT2D eigenvalue weighted by atomic mass is 79.9. The Kier molecular flexibility index (Phi) is 3.80. The number of carboxylic acids is 1. The van der Waals surface area contributed by atoms with Gasteiger partial charge in [0.1, 0.15) is 5.56 Å². The summed E-state index contributed by atoms with van der Waals surface area (Å²) < 4.78 is 2.14. The van der Waals surface area contributed by atoms with Gasteiger partial charge < -0.3 is 5.11 Å². The molecule has 0 saturated carbocycles. The summed E-state index contributed by atoms with van der Waals surface area (Å²) in [6, 6.07) is 6.98. The minimum Gasteiger partial charge on any atom is -0.478 e. The van der Waals surface area contributed by atoms with E-state index in [1.165, 1.54) is 10.8 Å². The van der Waals surface area contributed by atoms with E-state index >= 15 is 0 Å². The van der Waals surface area contributed by atoms with Gasteiger partial charge in [0.05, 0.1) is 5.69 Å². The fourth-order valence-corrected chi connectivity index (χ4v) is 1.97. The summed E-state index contributed by atoms with van der Waals surface area (Å²) in [5, 5.41) is 9.23. The van der Waals surface area contributed by atoms with E-state index in [1.54, 1.807) is 31.2 Å². The highest BCUT2D eigenvalue weighted by Crippen LogP contribution is 2.22. The van der Waals surface area contributed by atoms with Gasteiger partial charge in [-0.15, -0.1) is 0 Å². The standard InChI is InChI=1S/C13H11BrN2O3/c1-2-16-7-10(12(17)18)11(15-13(16)19)8-3-5-9(14)6-4-8/h3-7H,2H2,1H3,(H,17,18). The summed E-state index contributed by atoms with van der Waals surface area (Å²) in [7, 11) is 0. The van der Waals surface area contributed by atoms with Crippen molar-refractivity contribution in [1.29, 1.82) is 0 Å².